The van der Waals surface area contributed by atoms with Crippen LogP contribution in [0.25, 0.3) is 0 Å². The Kier molecular flexibility index (Phi) is 6.00. The second-order valence-electron chi connectivity index (χ2n) is 4.56. The van der Waals surface area contributed by atoms with Gasteiger partial charge in [-0.15, -0.1) is 11.8 Å². The number of nitrogens with one attached hydrogen (secondary N) is 1. The Labute approximate surface area is 114 Å². The SMILES string of the molecule is [NH][C@H](CCN1CCOCC1)CSc1ccccc1. The zero-order chi connectivity index (χ0) is 12.6. The Morgan fingerprint density at radius 2 is 1.94 bits per heavy atom. The van der Waals surface area contributed by atoms with E-state index in [9.17, 15) is 0 Å². The first-order chi connectivity index (χ1) is 8.84. The second kappa shape index (κ2) is 7.79. The molecule has 1 radical (unpaired) electrons. The van der Waals surface area contributed by atoms with Crippen LogP contribution in [0.1, 0.15) is 6.42 Å². The molecule has 99 valence electrons. The molecule has 0 unspecified atom stereocenters. The molecule has 0 bridgehead atoms. The summed E-state index contributed by atoms with van der Waals surface area (Å²) in [5.41, 5.74) is 8.06. The van der Waals surface area contributed by atoms with Gasteiger partial charge in [0.15, 0.2) is 0 Å². The van der Waals surface area contributed by atoms with Crippen molar-refractivity contribution in [3.8, 4) is 0 Å². The van der Waals surface area contributed by atoms with Gasteiger partial charge in [0, 0.05) is 29.8 Å². The van der Waals surface area contributed by atoms with Gasteiger partial charge in [0.2, 0.25) is 0 Å². The van der Waals surface area contributed by atoms with E-state index in [0.29, 0.717) is 0 Å². The van der Waals surface area contributed by atoms with E-state index in [1.807, 2.05) is 6.07 Å². The summed E-state index contributed by atoms with van der Waals surface area (Å²) >= 11 is 1.78. The summed E-state index contributed by atoms with van der Waals surface area (Å²) in [6.45, 7) is 4.78. The van der Waals surface area contributed by atoms with Crippen LogP contribution in [0.15, 0.2) is 35.2 Å². The highest BCUT2D eigenvalue weighted by Crippen LogP contribution is 2.18. The average molecular weight is 265 g/mol. The molecular weight excluding hydrogens is 244 g/mol. The number of benzene rings is 1. The van der Waals surface area contributed by atoms with E-state index in [-0.39, 0.29) is 6.04 Å². The molecule has 1 saturated heterocycles. The van der Waals surface area contributed by atoms with E-state index in [1.165, 1.54) is 4.90 Å². The summed E-state index contributed by atoms with van der Waals surface area (Å²) in [5.74, 6) is 0.883. The zero-order valence-corrected chi connectivity index (χ0v) is 11.5. The van der Waals surface area contributed by atoms with Crippen molar-refractivity contribution in [3.05, 3.63) is 30.3 Å². The van der Waals surface area contributed by atoms with E-state index in [4.69, 9.17) is 10.5 Å². The number of ether oxygens (including phenoxy) is 1. The molecule has 1 aromatic rings. The normalized spacial score (nSPS) is 18.7. The molecule has 0 amide bonds. The average Bonchev–Trinajstić information content (AvgIpc) is 2.45. The van der Waals surface area contributed by atoms with Gasteiger partial charge in [-0.3, -0.25) is 10.6 Å². The van der Waals surface area contributed by atoms with E-state index in [0.717, 1.165) is 45.0 Å². The van der Waals surface area contributed by atoms with Crippen LogP contribution in [0.3, 0.4) is 0 Å². The fourth-order valence-electron chi connectivity index (χ4n) is 1.96. The molecule has 1 N–H and O–H groups in total. The first-order valence-electron chi connectivity index (χ1n) is 6.53. The third kappa shape index (κ3) is 4.98. The molecule has 0 spiro atoms. The fourth-order valence-corrected chi connectivity index (χ4v) is 2.87. The summed E-state index contributed by atoms with van der Waals surface area (Å²) in [7, 11) is 0. The van der Waals surface area contributed by atoms with Crippen molar-refractivity contribution in [1.29, 1.82) is 0 Å². The zero-order valence-electron chi connectivity index (χ0n) is 10.7. The van der Waals surface area contributed by atoms with Crippen LogP contribution >= 0.6 is 11.8 Å². The maximum atomic E-state index is 8.06. The molecule has 4 heteroatoms. The molecule has 0 aliphatic carbocycles. The summed E-state index contributed by atoms with van der Waals surface area (Å²) in [4.78, 5) is 3.67. The molecule has 0 aromatic heterocycles. The molecule has 1 aliphatic heterocycles. The predicted molar refractivity (Wildman–Crippen MR) is 75.9 cm³/mol. The van der Waals surface area contributed by atoms with Crippen LogP contribution in [0.5, 0.6) is 0 Å². The Bertz CT molecular complexity index is 328. The number of rotatable bonds is 6. The van der Waals surface area contributed by atoms with Crippen LogP contribution in [0, 0.1) is 0 Å². The van der Waals surface area contributed by atoms with Crippen molar-refractivity contribution in [1.82, 2.24) is 10.6 Å². The number of nitrogens with zero attached hydrogens (tertiary/aromatic N) is 1. The number of morpholine rings is 1. The van der Waals surface area contributed by atoms with E-state index < -0.39 is 0 Å². The van der Waals surface area contributed by atoms with Gasteiger partial charge >= 0.3 is 0 Å². The summed E-state index contributed by atoms with van der Waals surface area (Å²) < 4.78 is 5.32. The Hall–Kier alpha value is -0.550. The fraction of sp³-hybridized carbons (Fsp3) is 0.571. The van der Waals surface area contributed by atoms with Crippen LogP contribution in [-0.4, -0.2) is 49.5 Å². The molecule has 18 heavy (non-hydrogen) atoms. The van der Waals surface area contributed by atoms with Gasteiger partial charge in [-0.25, -0.2) is 0 Å². The van der Waals surface area contributed by atoms with E-state index in [2.05, 4.69) is 29.2 Å². The van der Waals surface area contributed by atoms with Crippen LogP contribution in [0.4, 0.5) is 0 Å². The van der Waals surface area contributed by atoms with E-state index in [1.54, 1.807) is 11.8 Å². The number of thioether (sulfide) groups is 1. The largest absolute Gasteiger partial charge is 0.379 e. The summed E-state index contributed by atoms with van der Waals surface area (Å²) in [5, 5.41) is 0. The molecule has 2 rings (SSSR count). The monoisotopic (exact) mass is 265 g/mol. The molecule has 3 nitrogen and oxygen atoms in total. The number of hydrogen-bond donors (Lipinski definition) is 0. The summed E-state index contributed by atoms with van der Waals surface area (Å²) in [6.07, 6.45) is 0.958. The van der Waals surface area contributed by atoms with Gasteiger partial charge in [0.05, 0.1) is 13.2 Å². The number of hydrogen-bond acceptors (Lipinski definition) is 3. The van der Waals surface area contributed by atoms with E-state index >= 15 is 0 Å². The van der Waals surface area contributed by atoms with Gasteiger partial charge in [-0.05, 0) is 25.1 Å². The molecule has 1 atom stereocenters. The first kappa shape index (κ1) is 13.9. The van der Waals surface area contributed by atoms with Crippen LogP contribution in [0.2, 0.25) is 0 Å². The highest BCUT2D eigenvalue weighted by molar-refractivity contribution is 7.99. The van der Waals surface area contributed by atoms with Crippen LogP contribution in [-0.2, 0) is 4.74 Å². The highest BCUT2D eigenvalue weighted by atomic mass is 32.2. The second-order valence-corrected chi connectivity index (χ2v) is 5.66. The lowest BCUT2D eigenvalue weighted by Gasteiger charge is -2.27. The van der Waals surface area contributed by atoms with Crippen LogP contribution < -0.4 is 5.73 Å². The summed E-state index contributed by atoms with van der Waals surface area (Å²) in [6, 6.07) is 10.4. The minimum absolute atomic E-state index is 0.0260. The van der Waals surface area contributed by atoms with Crippen molar-refractivity contribution < 1.29 is 4.74 Å². The molecular formula is C14H21N2OS. The quantitative estimate of drug-likeness (QED) is 0.740. The molecule has 1 heterocycles. The minimum atomic E-state index is 0.0260. The van der Waals surface area contributed by atoms with Crippen molar-refractivity contribution in [2.24, 2.45) is 0 Å². The van der Waals surface area contributed by atoms with Gasteiger partial charge < -0.3 is 4.74 Å². The molecule has 1 aliphatic rings. The van der Waals surface area contributed by atoms with Crippen molar-refractivity contribution in [2.75, 3.05) is 38.6 Å². The lowest BCUT2D eigenvalue weighted by molar-refractivity contribution is 0.0368. The molecule has 1 aromatic carbocycles. The highest BCUT2D eigenvalue weighted by Gasteiger charge is 2.12. The first-order valence-corrected chi connectivity index (χ1v) is 7.52. The smallest absolute Gasteiger partial charge is 0.0594 e. The minimum Gasteiger partial charge on any atom is -0.379 e. The molecule has 1 fully saturated rings. The van der Waals surface area contributed by atoms with Crippen molar-refractivity contribution >= 4 is 11.8 Å². The Morgan fingerprint density at radius 1 is 1.22 bits per heavy atom. The van der Waals surface area contributed by atoms with Gasteiger partial charge in [-0.2, -0.15) is 0 Å². The topological polar surface area (TPSA) is 36.3 Å². The van der Waals surface area contributed by atoms with Crippen molar-refractivity contribution in [2.45, 2.75) is 17.4 Å². The Morgan fingerprint density at radius 3 is 2.67 bits per heavy atom. The standard InChI is InChI=1S/C14H21N2OS/c15-13(6-7-16-8-10-17-11-9-16)12-18-14-4-2-1-3-5-14/h1-5,13,15H,6-12H2/t13-/m1/s1. The van der Waals surface area contributed by atoms with Crippen molar-refractivity contribution in [3.63, 3.8) is 0 Å². The lowest BCUT2D eigenvalue weighted by Crippen LogP contribution is -2.38. The van der Waals surface area contributed by atoms with Gasteiger partial charge in [0.1, 0.15) is 0 Å². The molecule has 0 saturated carbocycles. The lowest BCUT2D eigenvalue weighted by atomic mass is 10.2. The third-order valence-corrected chi connectivity index (χ3v) is 4.27. The predicted octanol–water partition coefficient (Wildman–Crippen LogP) is 2.15. The van der Waals surface area contributed by atoms with Gasteiger partial charge in [-0.1, -0.05) is 18.2 Å². The third-order valence-electron chi connectivity index (χ3n) is 3.09. The Balaban J connectivity index is 1.61. The van der Waals surface area contributed by atoms with Gasteiger partial charge in [0.25, 0.3) is 0 Å². The maximum Gasteiger partial charge on any atom is 0.0594 e. The maximum absolute atomic E-state index is 8.06.